The molecule has 0 aliphatic carbocycles. The van der Waals surface area contributed by atoms with Crippen LogP contribution < -0.4 is 5.32 Å². The minimum atomic E-state index is -0.198. The fourth-order valence-electron chi connectivity index (χ4n) is 2.53. The molecular formula is C18H16Cl2N4O. The van der Waals surface area contributed by atoms with E-state index in [-0.39, 0.29) is 11.9 Å². The molecule has 1 heterocycles. The number of aromatic nitrogens is 3. The van der Waals surface area contributed by atoms with Gasteiger partial charge >= 0.3 is 0 Å². The maximum Gasteiger partial charge on any atom is 0.252 e. The van der Waals surface area contributed by atoms with Crippen molar-refractivity contribution in [2.75, 3.05) is 0 Å². The second-order valence-electron chi connectivity index (χ2n) is 5.71. The van der Waals surface area contributed by atoms with E-state index in [1.54, 1.807) is 29.2 Å². The molecule has 0 aliphatic rings. The molecule has 0 saturated carbocycles. The van der Waals surface area contributed by atoms with Gasteiger partial charge in [0.25, 0.3) is 5.91 Å². The lowest BCUT2D eigenvalue weighted by Gasteiger charge is -2.16. The third-order valence-corrected chi connectivity index (χ3v) is 4.67. The highest BCUT2D eigenvalue weighted by atomic mass is 35.5. The van der Waals surface area contributed by atoms with Crippen molar-refractivity contribution in [3.05, 3.63) is 75.8 Å². The summed E-state index contributed by atoms with van der Waals surface area (Å²) in [4.78, 5) is 16.5. The number of nitrogens with zero attached hydrogens (tertiary/aromatic N) is 3. The molecule has 1 atom stereocenters. The van der Waals surface area contributed by atoms with Crippen molar-refractivity contribution in [2.24, 2.45) is 0 Å². The van der Waals surface area contributed by atoms with E-state index in [1.165, 1.54) is 6.33 Å². The third kappa shape index (κ3) is 3.83. The molecule has 128 valence electrons. The average molecular weight is 375 g/mol. The van der Waals surface area contributed by atoms with E-state index in [1.807, 2.05) is 32.0 Å². The third-order valence-electron chi connectivity index (χ3n) is 3.93. The highest BCUT2D eigenvalue weighted by Crippen LogP contribution is 2.26. The Hall–Kier alpha value is -2.37. The molecule has 0 saturated heterocycles. The molecule has 25 heavy (non-hydrogen) atoms. The van der Waals surface area contributed by atoms with Crippen LogP contribution in [0.4, 0.5) is 0 Å². The Morgan fingerprint density at radius 2 is 1.96 bits per heavy atom. The van der Waals surface area contributed by atoms with Crippen LogP contribution in [-0.2, 0) is 0 Å². The number of halogens is 2. The molecule has 1 unspecified atom stereocenters. The van der Waals surface area contributed by atoms with Gasteiger partial charge in [0, 0.05) is 5.56 Å². The number of nitrogens with one attached hydrogen (secondary N) is 1. The maximum atomic E-state index is 12.6. The fraction of sp³-hybridized carbons (Fsp3) is 0.167. The Morgan fingerprint density at radius 3 is 2.60 bits per heavy atom. The number of carbonyl (C=O) groups is 1. The van der Waals surface area contributed by atoms with Crippen LogP contribution in [0.15, 0.2) is 49.1 Å². The molecule has 0 aliphatic heterocycles. The number of hydrogen-bond donors (Lipinski definition) is 1. The van der Waals surface area contributed by atoms with Crippen LogP contribution in [-0.4, -0.2) is 20.7 Å². The van der Waals surface area contributed by atoms with Crippen LogP contribution >= 0.6 is 23.2 Å². The monoisotopic (exact) mass is 374 g/mol. The van der Waals surface area contributed by atoms with E-state index >= 15 is 0 Å². The van der Waals surface area contributed by atoms with Gasteiger partial charge in [0.05, 0.1) is 21.8 Å². The second kappa shape index (κ2) is 7.25. The van der Waals surface area contributed by atoms with Gasteiger partial charge < -0.3 is 5.32 Å². The Kier molecular flexibility index (Phi) is 5.06. The highest BCUT2D eigenvalue weighted by Gasteiger charge is 2.15. The molecule has 3 rings (SSSR count). The number of hydrogen-bond acceptors (Lipinski definition) is 3. The van der Waals surface area contributed by atoms with Crippen molar-refractivity contribution < 1.29 is 4.79 Å². The van der Waals surface area contributed by atoms with Crippen LogP contribution in [0.5, 0.6) is 0 Å². The predicted molar refractivity (Wildman–Crippen MR) is 98.4 cm³/mol. The number of carbonyl (C=O) groups excluding carboxylic acids is 1. The Morgan fingerprint density at radius 1 is 1.16 bits per heavy atom. The molecule has 1 N–H and O–H groups in total. The van der Waals surface area contributed by atoms with Crippen LogP contribution in [0, 0.1) is 6.92 Å². The molecule has 5 nitrogen and oxygen atoms in total. The molecule has 0 spiro atoms. The zero-order chi connectivity index (χ0) is 18.0. The first-order valence-corrected chi connectivity index (χ1v) is 8.43. The van der Waals surface area contributed by atoms with Gasteiger partial charge in [-0.3, -0.25) is 4.79 Å². The normalized spacial score (nSPS) is 12.0. The molecule has 3 aromatic rings. The summed E-state index contributed by atoms with van der Waals surface area (Å²) < 4.78 is 1.65. The summed E-state index contributed by atoms with van der Waals surface area (Å²) in [5.41, 5.74) is 3.20. The van der Waals surface area contributed by atoms with Crippen molar-refractivity contribution in [1.29, 1.82) is 0 Å². The lowest BCUT2D eigenvalue weighted by molar-refractivity contribution is 0.0939. The zero-order valence-corrected chi connectivity index (χ0v) is 15.2. The van der Waals surface area contributed by atoms with E-state index in [0.717, 1.165) is 16.8 Å². The van der Waals surface area contributed by atoms with Gasteiger partial charge in [-0.25, -0.2) is 9.67 Å². The van der Waals surface area contributed by atoms with Gasteiger partial charge in [0.15, 0.2) is 0 Å². The van der Waals surface area contributed by atoms with Crippen LogP contribution in [0.2, 0.25) is 10.0 Å². The van der Waals surface area contributed by atoms with E-state index in [0.29, 0.717) is 15.6 Å². The first-order valence-electron chi connectivity index (χ1n) is 7.67. The van der Waals surface area contributed by atoms with Gasteiger partial charge in [-0.05, 0) is 55.3 Å². The smallest absolute Gasteiger partial charge is 0.252 e. The second-order valence-corrected chi connectivity index (χ2v) is 6.52. The zero-order valence-electron chi connectivity index (χ0n) is 13.7. The minimum Gasteiger partial charge on any atom is -0.346 e. The quantitative estimate of drug-likeness (QED) is 0.737. The van der Waals surface area contributed by atoms with Crippen molar-refractivity contribution in [1.82, 2.24) is 20.1 Å². The molecule has 7 heteroatoms. The molecule has 0 radical (unpaired) electrons. The average Bonchev–Trinajstić information content (AvgIpc) is 3.11. The molecule has 0 fully saturated rings. The van der Waals surface area contributed by atoms with E-state index in [2.05, 4.69) is 15.4 Å². The van der Waals surface area contributed by atoms with Gasteiger partial charge in [-0.15, -0.1) is 0 Å². The fourth-order valence-corrected chi connectivity index (χ4v) is 2.83. The Labute approximate surface area is 155 Å². The Balaban J connectivity index is 1.77. The van der Waals surface area contributed by atoms with Crippen molar-refractivity contribution in [3.8, 4) is 5.69 Å². The van der Waals surface area contributed by atoms with Gasteiger partial charge in [-0.1, -0.05) is 29.3 Å². The SMILES string of the molecule is Cc1cc(-n2cncn2)ccc1C(=O)NC(C)c1ccc(Cl)c(Cl)c1. The van der Waals surface area contributed by atoms with Gasteiger partial charge in [0.2, 0.25) is 0 Å². The summed E-state index contributed by atoms with van der Waals surface area (Å²) in [6, 6.07) is 10.6. The lowest BCUT2D eigenvalue weighted by Crippen LogP contribution is -2.27. The number of rotatable bonds is 4. The number of amides is 1. The summed E-state index contributed by atoms with van der Waals surface area (Å²) >= 11 is 12.0. The summed E-state index contributed by atoms with van der Waals surface area (Å²) in [5, 5.41) is 8.02. The largest absolute Gasteiger partial charge is 0.346 e. The van der Waals surface area contributed by atoms with Gasteiger partial charge in [-0.2, -0.15) is 5.10 Å². The maximum absolute atomic E-state index is 12.6. The lowest BCUT2D eigenvalue weighted by atomic mass is 10.0. The van der Waals surface area contributed by atoms with Crippen LogP contribution in [0.1, 0.15) is 34.5 Å². The first-order chi connectivity index (χ1) is 12.0. The van der Waals surface area contributed by atoms with Crippen molar-refractivity contribution >= 4 is 29.1 Å². The highest BCUT2D eigenvalue weighted by molar-refractivity contribution is 6.42. The molecule has 1 aromatic heterocycles. The minimum absolute atomic E-state index is 0.152. The Bertz CT molecular complexity index is 909. The summed E-state index contributed by atoms with van der Waals surface area (Å²) in [6.45, 7) is 3.79. The predicted octanol–water partition coefficient (Wildman–Crippen LogP) is 4.37. The molecule has 1 amide bonds. The van der Waals surface area contributed by atoms with Gasteiger partial charge in [0.1, 0.15) is 12.7 Å². The number of benzene rings is 2. The molecule has 0 bridgehead atoms. The van der Waals surface area contributed by atoms with Crippen molar-refractivity contribution in [2.45, 2.75) is 19.9 Å². The summed E-state index contributed by atoms with van der Waals surface area (Å²) in [5.74, 6) is -0.152. The molecular weight excluding hydrogens is 359 g/mol. The standard InChI is InChI=1S/C18H16Cl2N4O/c1-11-7-14(24-10-21-9-22-24)4-5-15(11)18(25)23-12(2)13-3-6-16(19)17(20)8-13/h3-10,12H,1-2H3,(H,23,25). The topological polar surface area (TPSA) is 59.8 Å². The van der Waals surface area contributed by atoms with Crippen molar-refractivity contribution in [3.63, 3.8) is 0 Å². The van der Waals surface area contributed by atoms with E-state index < -0.39 is 0 Å². The summed E-state index contributed by atoms with van der Waals surface area (Å²) in [7, 11) is 0. The van der Waals surface area contributed by atoms with E-state index in [4.69, 9.17) is 23.2 Å². The summed E-state index contributed by atoms with van der Waals surface area (Å²) in [6.07, 6.45) is 3.08. The van der Waals surface area contributed by atoms with Crippen LogP contribution in [0.25, 0.3) is 5.69 Å². The number of aryl methyl sites for hydroxylation is 1. The first kappa shape index (κ1) is 17.5. The van der Waals surface area contributed by atoms with E-state index in [9.17, 15) is 4.79 Å². The van der Waals surface area contributed by atoms with Crippen LogP contribution in [0.3, 0.4) is 0 Å². The molecule has 2 aromatic carbocycles.